The third kappa shape index (κ3) is 2.39. The Balaban J connectivity index is 3.09. The molecule has 0 aromatic rings. The first kappa shape index (κ1) is 11.8. The molecule has 1 N–H and O–H groups in total. The molecule has 0 spiro atoms. The number of hydrogen-bond donors (Lipinski definition) is 1. The summed E-state index contributed by atoms with van der Waals surface area (Å²) in [7, 11) is 5.25. The zero-order valence-corrected chi connectivity index (χ0v) is 9.57. The highest BCUT2D eigenvalue weighted by Gasteiger charge is 2.29. The van der Waals surface area contributed by atoms with Crippen LogP contribution in [0.3, 0.4) is 0 Å². The molecule has 0 fully saturated rings. The van der Waals surface area contributed by atoms with Crippen LogP contribution in [-0.2, 0) is 9.53 Å². The monoisotopic (exact) mass is 211 g/mol. The second-order valence-electron chi connectivity index (χ2n) is 4.07. The molecule has 0 heterocycles. The van der Waals surface area contributed by atoms with E-state index in [2.05, 4.69) is 0 Å². The molecule has 4 nitrogen and oxygen atoms in total. The van der Waals surface area contributed by atoms with Crippen molar-refractivity contribution in [3.05, 3.63) is 23.4 Å². The SMILES string of the molecule is COC1(C)C=C(C(=O)O)C(N(C)C)=CC1. The van der Waals surface area contributed by atoms with Crippen molar-refractivity contribution < 1.29 is 14.6 Å². The van der Waals surface area contributed by atoms with Crippen molar-refractivity contribution in [3.63, 3.8) is 0 Å². The summed E-state index contributed by atoms with van der Waals surface area (Å²) in [5.74, 6) is -0.919. The van der Waals surface area contributed by atoms with Crippen LogP contribution in [0.2, 0.25) is 0 Å². The molecule has 1 aliphatic carbocycles. The molecule has 84 valence electrons. The molecule has 15 heavy (non-hydrogen) atoms. The van der Waals surface area contributed by atoms with Gasteiger partial charge in [0.15, 0.2) is 0 Å². The fourth-order valence-electron chi connectivity index (χ4n) is 1.58. The van der Waals surface area contributed by atoms with Gasteiger partial charge in [-0.2, -0.15) is 0 Å². The Kier molecular flexibility index (Phi) is 3.19. The van der Waals surface area contributed by atoms with Gasteiger partial charge in [0.05, 0.1) is 11.2 Å². The van der Waals surface area contributed by atoms with Gasteiger partial charge in [-0.3, -0.25) is 0 Å². The van der Waals surface area contributed by atoms with E-state index in [9.17, 15) is 4.79 Å². The maximum Gasteiger partial charge on any atom is 0.337 e. The van der Waals surface area contributed by atoms with Gasteiger partial charge in [-0.1, -0.05) is 6.08 Å². The molecule has 0 saturated carbocycles. The van der Waals surface area contributed by atoms with Crippen molar-refractivity contribution in [2.75, 3.05) is 21.2 Å². The van der Waals surface area contributed by atoms with E-state index in [4.69, 9.17) is 9.84 Å². The number of likely N-dealkylation sites (N-methyl/N-ethyl adjacent to an activating group) is 1. The zero-order valence-electron chi connectivity index (χ0n) is 9.57. The van der Waals surface area contributed by atoms with Gasteiger partial charge >= 0.3 is 5.97 Å². The summed E-state index contributed by atoms with van der Waals surface area (Å²) in [6.07, 6.45) is 4.26. The lowest BCUT2D eigenvalue weighted by Gasteiger charge is -2.30. The molecular formula is C11H17NO3. The first-order valence-electron chi connectivity index (χ1n) is 4.79. The number of carboxylic acid groups (broad SMARTS) is 1. The van der Waals surface area contributed by atoms with E-state index in [1.807, 2.05) is 27.1 Å². The van der Waals surface area contributed by atoms with E-state index in [1.165, 1.54) is 0 Å². The number of methoxy groups -OCH3 is 1. The van der Waals surface area contributed by atoms with Gasteiger partial charge < -0.3 is 14.7 Å². The van der Waals surface area contributed by atoms with Gasteiger partial charge in [-0.05, 0) is 13.0 Å². The van der Waals surface area contributed by atoms with Gasteiger partial charge in [-0.15, -0.1) is 0 Å². The minimum absolute atomic E-state index is 0.301. The molecular weight excluding hydrogens is 194 g/mol. The second-order valence-corrected chi connectivity index (χ2v) is 4.07. The van der Waals surface area contributed by atoms with Crippen LogP contribution in [-0.4, -0.2) is 42.8 Å². The Morgan fingerprint density at radius 1 is 1.60 bits per heavy atom. The number of carbonyl (C=O) groups is 1. The second kappa shape index (κ2) is 4.06. The van der Waals surface area contributed by atoms with Gasteiger partial charge in [-0.25, -0.2) is 4.79 Å². The van der Waals surface area contributed by atoms with Crippen LogP contribution in [0.15, 0.2) is 23.4 Å². The van der Waals surface area contributed by atoms with Crippen LogP contribution in [0.25, 0.3) is 0 Å². The Labute approximate surface area is 89.8 Å². The van der Waals surface area contributed by atoms with Crippen molar-refractivity contribution in [1.29, 1.82) is 0 Å². The quantitative estimate of drug-likeness (QED) is 0.763. The summed E-state index contributed by atoms with van der Waals surface area (Å²) in [6, 6.07) is 0. The highest BCUT2D eigenvalue weighted by atomic mass is 16.5. The lowest BCUT2D eigenvalue weighted by Crippen LogP contribution is -2.31. The van der Waals surface area contributed by atoms with Gasteiger partial charge in [0.1, 0.15) is 0 Å². The van der Waals surface area contributed by atoms with Crippen molar-refractivity contribution >= 4 is 5.97 Å². The zero-order chi connectivity index (χ0) is 11.6. The van der Waals surface area contributed by atoms with E-state index in [0.29, 0.717) is 12.0 Å². The maximum absolute atomic E-state index is 11.1. The molecule has 1 aliphatic rings. The molecule has 0 saturated heterocycles. The normalized spacial score (nSPS) is 25.6. The number of ether oxygens (including phenoxy) is 1. The summed E-state index contributed by atoms with van der Waals surface area (Å²) in [5, 5.41) is 9.09. The fourth-order valence-corrected chi connectivity index (χ4v) is 1.58. The van der Waals surface area contributed by atoms with Crippen molar-refractivity contribution in [2.24, 2.45) is 0 Å². The van der Waals surface area contributed by atoms with Gasteiger partial charge in [0.2, 0.25) is 0 Å². The van der Waals surface area contributed by atoms with Crippen LogP contribution < -0.4 is 0 Å². The molecule has 0 amide bonds. The molecule has 1 atom stereocenters. The van der Waals surface area contributed by atoms with E-state index in [1.54, 1.807) is 18.1 Å². The van der Waals surface area contributed by atoms with Crippen LogP contribution in [0.1, 0.15) is 13.3 Å². The van der Waals surface area contributed by atoms with E-state index >= 15 is 0 Å². The predicted octanol–water partition coefficient (Wildman–Crippen LogP) is 1.25. The van der Waals surface area contributed by atoms with Gasteiger partial charge in [0, 0.05) is 33.3 Å². The minimum Gasteiger partial charge on any atom is -0.478 e. The van der Waals surface area contributed by atoms with Crippen molar-refractivity contribution in [2.45, 2.75) is 18.9 Å². The molecule has 1 unspecified atom stereocenters. The lowest BCUT2D eigenvalue weighted by atomic mass is 9.90. The average Bonchev–Trinajstić information content (AvgIpc) is 2.17. The minimum atomic E-state index is -0.919. The van der Waals surface area contributed by atoms with Crippen LogP contribution in [0.4, 0.5) is 0 Å². The summed E-state index contributed by atoms with van der Waals surface area (Å²) in [4.78, 5) is 12.9. The van der Waals surface area contributed by atoms with Gasteiger partial charge in [0.25, 0.3) is 0 Å². The lowest BCUT2D eigenvalue weighted by molar-refractivity contribution is -0.132. The number of rotatable bonds is 3. The third-order valence-corrected chi connectivity index (χ3v) is 2.60. The standard InChI is InChI=1S/C11H17NO3/c1-11(15-4)6-5-9(12(2)3)8(7-11)10(13)14/h5,7H,6H2,1-4H3,(H,13,14). The summed E-state index contributed by atoms with van der Waals surface area (Å²) < 4.78 is 5.28. The summed E-state index contributed by atoms with van der Waals surface area (Å²) >= 11 is 0. The van der Waals surface area contributed by atoms with E-state index < -0.39 is 11.6 Å². The largest absolute Gasteiger partial charge is 0.478 e. The van der Waals surface area contributed by atoms with Crippen LogP contribution >= 0.6 is 0 Å². The van der Waals surface area contributed by atoms with Crippen molar-refractivity contribution in [1.82, 2.24) is 4.90 Å². The predicted molar refractivity (Wildman–Crippen MR) is 57.5 cm³/mol. The third-order valence-electron chi connectivity index (χ3n) is 2.60. The molecule has 1 rings (SSSR count). The fraction of sp³-hybridized carbons (Fsp3) is 0.545. The van der Waals surface area contributed by atoms with Crippen LogP contribution in [0, 0.1) is 0 Å². The van der Waals surface area contributed by atoms with Crippen LogP contribution in [0.5, 0.6) is 0 Å². The Hall–Kier alpha value is -1.29. The number of carboxylic acids is 1. The first-order chi connectivity index (χ1) is 6.89. The van der Waals surface area contributed by atoms with E-state index in [-0.39, 0.29) is 0 Å². The highest BCUT2D eigenvalue weighted by molar-refractivity contribution is 5.92. The molecule has 0 radical (unpaired) electrons. The Morgan fingerprint density at radius 3 is 2.60 bits per heavy atom. The maximum atomic E-state index is 11.1. The Morgan fingerprint density at radius 2 is 2.20 bits per heavy atom. The van der Waals surface area contributed by atoms with E-state index in [0.717, 1.165) is 5.70 Å². The highest BCUT2D eigenvalue weighted by Crippen LogP contribution is 2.29. The number of hydrogen-bond acceptors (Lipinski definition) is 3. The molecule has 0 bridgehead atoms. The number of aliphatic carboxylic acids is 1. The Bertz CT molecular complexity index is 331. The summed E-state index contributed by atoms with van der Waals surface area (Å²) in [5.41, 5.74) is 0.528. The number of nitrogens with zero attached hydrogens (tertiary/aromatic N) is 1. The topological polar surface area (TPSA) is 49.8 Å². The molecule has 0 aromatic heterocycles. The molecule has 0 aliphatic heterocycles. The average molecular weight is 211 g/mol. The molecule has 4 heteroatoms. The van der Waals surface area contributed by atoms with Crippen molar-refractivity contribution in [3.8, 4) is 0 Å². The molecule has 0 aromatic carbocycles. The smallest absolute Gasteiger partial charge is 0.337 e. The first-order valence-corrected chi connectivity index (χ1v) is 4.79. The summed E-state index contributed by atoms with van der Waals surface area (Å²) in [6.45, 7) is 1.87.